The van der Waals surface area contributed by atoms with Crippen LogP contribution in [0, 0.1) is 0 Å². The lowest BCUT2D eigenvalue weighted by atomic mass is 10.0. The Labute approximate surface area is 86.9 Å². The zero-order chi connectivity index (χ0) is 10.1. The van der Waals surface area contributed by atoms with E-state index in [1.54, 1.807) is 11.3 Å². The van der Waals surface area contributed by atoms with Crippen LogP contribution in [-0.4, -0.2) is 4.98 Å². The maximum absolute atomic E-state index is 5.37. The molecule has 0 radical (unpaired) electrons. The van der Waals surface area contributed by atoms with Gasteiger partial charge in [0.1, 0.15) is 10.6 Å². The summed E-state index contributed by atoms with van der Waals surface area (Å²) >= 11 is 1.64. The molecule has 0 aliphatic carbocycles. The topological polar surface area (TPSA) is 50.9 Å². The third kappa shape index (κ3) is 1.47. The number of hydrogen-bond donors (Lipinski definition) is 2. The Hall–Kier alpha value is -1.13. The number of pyridine rings is 1. The van der Waals surface area contributed by atoms with Gasteiger partial charge in [-0.2, -0.15) is 0 Å². The van der Waals surface area contributed by atoms with Gasteiger partial charge in [-0.1, -0.05) is 13.8 Å². The number of hydrazine groups is 1. The van der Waals surface area contributed by atoms with E-state index in [0.717, 1.165) is 10.6 Å². The van der Waals surface area contributed by atoms with Gasteiger partial charge >= 0.3 is 0 Å². The van der Waals surface area contributed by atoms with Crippen LogP contribution < -0.4 is 11.3 Å². The third-order valence-electron chi connectivity index (χ3n) is 2.24. The van der Waals surface area contributed by atoms with Crippen LogP contribution in [0.5, 0.6) is 0 Å². The first-order chi connectivity index (χ1) is 6.72. The van der Waals surface area contributed by atoms with Crippen LogP contribution >= 0.6 is 11.3 Å². The van der Waals surface area contributed by atoms with Crippen molar-refractivity contribution in [3.05, 3.63) is 23.1 Å². The van der Waals surface area contributed by atoms with E-state index in [1.807, 2.05) is 6.07 Å². The molecule has 3 N–H and O–H groups in total. The second kappa shape index (κ2) is 3.55. The Kier molecular flexibility index (Phi) is 2.39. The van der Waals surface area contributed by atoms with Gasteiger partial charge in [0.05, 0.1) is 0 Å². The molecule has 0 saturated carbocycles. The molecule has 3 nitrogen and oxygen atoms in total. The molecule has 0 aliphatic heterocycles. The monoisotopic (exact) mass is 207 g/mol. The minimum Gasteiger partial charge on any atom is -0.308 e. The fraction of sp³-hybridized carbons (Fsp3) is 0.300. The summed E-state index contributed by atoms with van der Waals surface area (Å²) in [5, 5.41) is 3.30. The molecule has 0 aromatic carbocycles. The summed E-state index contributed by atoms with van der Waals surface area (Å²) in [5.74, 6) is 6.60. The van der Waals surface area contributed by atoms with Gasteiger partial charge in [-0.15, -0.1) is 11.3 Å². The van der Waals surface area contributed by atoms with Crippen molar-refractivity contribution in [2.24, 2.45) is 5.84 Å². The zero-order valence-electron chi connectivity index (χ0n) is 8.24. The predicted molar refractivity (Wildman–Crippen MR) is 61.5 cm³/mol. The fourth-order valence-electron chi connectivity index (χ4n) is 1.53. The first-order valence-corrected chi connectivity index (χ1v) is 5.45. The van der Waals surface area contributed by atoms with Gasteiger partial charge in [0, 0.05) is 5.39 Å². The van der Waals surface area contributed by atoms with Crippen molar-refractivity contribution in [3.8, 4) is 0 Å². The van der Waals surface area contributed by atoms with Gasteiger partial charge in [-0.25, -0.2) is 10.8 Å². The molecule has 2 aromatic heterocycles. The van der Waals surface area contributed by atoms with E-state index in [4.69, 9.17) is 5.84 Å². The zero-order valence-corrected chi connectivity index (χ0v) is 9.06. The summed E-state index contributed by atoms with van der Waals surface area (Å²) in [5.41, 5.74) is 3.90. The number of nitrogens with two attached hydrogens (primary N) is 1. The highest BCUT2D eigenvalue weighted by molar-refractivity contribution is 7.16. The van der Waals surface area contributed by atoms with Crippen LogP contribution in [0.25, 0.3) is 10.2 Å². The van der Waals surface area contributed by atoms with Crippen LogP contribution in [0.1, 0.15) is 25.3 Å². The van der Waals surface area contributed by atoms with E-state index in [0.29, 0.717) is 5.92 Å². The van der Waals surface area contributed by atoms with E-state index in [2.05, 4.69) is 35.7 Å². The molecule has 0 bridgehead atoms. The molecule has 0 atom stereocenters. The number of nitrogens with zero attached hydrogens (tertiary/aromatic N) is 1. The van der Waals surface area contributed by atoms with Crippen molar-refractivity contribution in [2.45, 2.75) is 19.8 Å². The highest BCUT2D eigenvalue weighted by atomic mass is 32.1. The Morgan fingerprint density at radius 3 is 2.93 bits per heavy atom. The fourth-order valence-corrected chi connectivity index (χ4v) is 2.32. The van der Waals surface area contributed by atoms with E-state index >= 15 is 0 Å². The molecule has 0 aliphatic rings. The predicted octanol–water partition coefficient (Wildman–Crippen LogP) is 2.71. The van der Waals surface area contributed by atoms with Crippen LogP contribution in [0.15, 0.2) is 17.5 Å². The van der Waals surface area contributed by atoms with Crippen LogP contribution in [0.3, 0.4) is 0 Å². The first-order valence-electron chi connectivity index (χ1n) is 4.57. The molecule has 0 spiro atoms. The third-order valence-corrected chi connectivity index (χ3v) is 3.05. The van der Waals surface area contributed by atoms with Crippen molar-refractivity contribution < 1.29 is 0 Å². The van der Waals surface area contributed by atoms with Crippen molar-refractivity contribution >= 4 is 27.4 Å². The lowest BCUT2D eigenvalue weighted by Crippen LogP contribution is -2.09. The van der Waals surface area contributed by atoms with E-state index < -0.39 is 0 Å². The van der Waals surface area contributed by atoms with Crippen molar-refractivity contribution in [1.82, 2.24) is 4.98 Å². The van der Waals surface area contributed by atoms with Crippen molar-refractivity contribution in [3.63, 3.8) is 0 Å². The number of aromatic nitrogens is 1. The van der Waals surface area contributed by atoms with Crippen molar-refractivity contribution in [1.29, 1.82) is 0 Å². The van der Waals surface area contributed by atoms with Crippen LogP contribution in [-0.2, 0) is 0 Å². The summed E-state index contributed by atoms with van der Waals surface area (Å²) in [6.07, 6.45) is 0. The largest absolute Gasteiger partial charge is 0.308 e. The lowest BCUT2D eigenvalue weighted by molar-refractivity contribution is 0.875. The number of fused-ring (bicyclic) bond motifs is 1. The number of nitrogen functional groups attached to an aromatic ring is 1. The summed E-state index contributed by atoms with van der Waals surface area (Å²) in [4.78, 5) is 5.42. The highest BCUT2D eigenvalue weighted by Crippen LogP contribution is 2.29. The number of rotatable bonds is 2. The molecule has 0 unspecified atom stereocenters. The Balaban J connectivity index is 2.70. The van der Waals surface area contributed by atoms with Crippen LogP contribution in [0.2, 0.25) is 0 Å². The van der Waals surface area contributed by atoms with E-state index in [1.165, 1.54) is 10.9 Å². The summed E-state index contributed by atoms with van der Waals surface area (Å²) in [6.45, 7) is 4.35. The number of hydrogen-bond acceptors (Lipinski definition) is 4. The molecular weight excluding hydrogens is 194 g/mol. The summed E-state index contributed by atoms with van der Waals surface area (Å²) in [7, 11) is 0. The van der Waals surface area contributed by atoms with Crippen molar-refractivity contribution in [2.75, 3.05) is 5.43 Å². The Morgan fingerprint density at radius 1 is 1.50 bits per heavy atom. The number of anilines is 1. The Bertz CT molecular complexity index is 448. The van der Waals surface area contributed by atoms with Gasteiger partial charge in [-0.05, 0) is 29.0 Å². The molecule has 0 amide bonds. The number of nitrogens with one attached hydrogen (secondary N) is 1. The number of thiophene rings is 1. The quantitative estimate of drug-likeness (QED) is 0.588. The minimum atomic E-state index is 0.488. The standard InChI is InChI=1S/C10H13N3S/c1-6(2)8-5-9(13-11)12-10-7(8)3-4-14-10/h3-6H,11H2,1-2H3,(H,12,13). The molecule has 2 aromatic rings. The van der Waals surface area contributed by atoms with Gasteiger partial charge < -0.3 is 5.43 Å². The molecule has 0 fully saturated rings. The normalized spacial score (nSPS) is 11.1. The van der Waals surface area contributed by atoms with Crippen LogP contribution in [0.4, 0.5) is 5.82 Å². The molecule has 2 heterocycles. The minimum absolute atomic E-state index is 0.488. The molecule has 74 valence electrons. The highest BCUT2D eigenvalue weighted by Gasteiger charge is 2.08. The maximum Gasteiger partial charge on any atom is 0.141 e. The SMILES string of the molecule is CC(C)c1cc(NN)nc2sccc12. The van der Waals surface area contributed by atoms with Gasteiger partial charge in [-0.3, -0.25) is 0 Å². The first kappa shape index (κ1) is 9.43. The molecule has 0 saturated heterocycles. The molecule has 14 heavy (non-hydrogen) atoms. The van der Waals surface area contributed by atoms with Gasteiger partial charge in [0.2, 0.25) is 0 Å². The molecule has 4 heteroatoms. The van der Waals surface area contributed by atoms with Gasteiger partial charge in [0.25, 0.3) is 0 Å². The molecule has 2 rings (SSSR count). The van der Waals surface area contributed by atoms with E-state index in [9.17, 15) is 0 Å². The summed E-state index contributed by atoms with van der Waals surface area (Å²) in [6, 6.07) is 4.13. The van der Waals surface area contributed by atoms with Gasteiger partial charge in [0.15, 0.2) is 0 Å². The average molecular weight is 207 g/mol. The Morgan fingerprint density at radius 2 is 2.29 bits per heavy atom. The second-order valence-electron chi connectivity index (χ2n) is 3.54. The molecular formula is C10H13N3S. The summed E-state index contributed by atoms with van der Waals surface area (Å²) < 4.78 is 0. The lowest BCUT2D eigenvalue weighted by Gasteiger charge is -2.09. The maximum atomic E-state index is 5.37. The second-order valence-corrected chi connectivity index (χ2v) is 4.43. The van der Waals surface area contributed by atoms with E-state index in [-0.39, 0.29) is 0 Å². The smallest absolute Gasteiger partial charge is 0.141 e. The average Bonchev–Trinajstić information content (AvgIpc) is 2.63.